The molecule has 29 heavy (non-hydrogen) atoms. The summed E-state index contributed by atoms with van der Waals surface area (Å²) in [5.74, 6) is 0.460. The third-order valence-electron chi connectivity index (χ3n) is 3.52. The molecule has 1 aromatic heterocycles. The molecule has 0 aliphatic carbocycles. The predicted octanol–water partition coefficient (Wildman–Crippen LogP) is 3.70. The Morgan fingerprint density at radius 3 is 2.24 bits per heavy atom. The van der Waals surface area contributed by atoms with Crippen LogP contribution in [0, 0.1) is 0 Å². The van der Waals surface area contributed by atoms with Crippen molar-refractivity contribution < 1.29 is 36.2 Å². The van der Waals surface area contributed by atoms with Crippen LogP contribution < -0.4 is 5.32 Å². The van der Waals surface area contributed by atoms with E-state index in [1.165, 1.54) is 6.33 Å². The minimum absolute atomic E-state index is 0.00323. The van der Waals surface area contributed by atoms with E-state index < -0.39 is 25.0 Å². The maximum atomic E-state index is 12.1. The van der Waals surface area contributed by atoms with Gasteiger partial charge in [0.1, 0.15) is 18.2 Å². The van der Waals surface area contributed by atoms with Crippen molar-refractivity contribution in [2.24, 2.45) is 0 Å². The number of likely N-dealkylation sites (tertiary alicyclic amines) is 1. The van der Waals surface area contributed by atoms with E-state index in [2.05, 4.69) is 28.4 Å². The highest BCUT2D eigenvalue weighted by Crippen LogP contribution is 2.22. The van der Waals surface area contributed by atoms with Crippen LogP contribution in [0.4, 0.5) is 32.2 Å². The van der Waals surface area contributed by atoms with Gasteiger partial charge in [0.2, 0.25) is 5.91 Å². The summed E-state index contributed by atoms with van der Waals surface area (Å²) in [6.07, 6.45) is -7.44. The van der Waals surface area contributed by atoms with E-state index in [1.54, 1.807) is 17.9 Å². The summed E-state index contributed by atoms with van der Waals surface area (Å²) >= 11 is 0. The molecule has 1 amide bonds. The molecule has 2 N–H and O–H groups in total. The van der Waals surface area contributed by atoms with E-state index in [0.29, 0.717) is 11.5 Å². The van der Waals surface area contributed by atoms with Gasteiger partial charge in [-0.2, -0.15) is 13.2 Å². The molecule has 12 heteroatoms. The zero-order valence-electron chi connectivity index (χ0n) is 15.9. The smallest absolute Gasteiger partial charge is 0.359 e. The summed E-state index contributed by atoms with van der Waals surface area (Å²) in [5.41, 5.74) is 0.533. The Morgan fingerprint density at radius 2 is 1.79 bits per heavy atom. The fourth-order valence-corrected chi connectivity index (χ4v) is 2.18. The second kappa shape index (κ2) is 12.2. The van der Waals surface area contributed by atoms with E-state index >= 15 is 0 Å². The third-order valence-corrected chi connectivity index (χ3v) is 3.52. The summed E-state index contributed by atoms with van der Waals surface area (Å²) in [6, 6.07) is 1.18. The predicted molar refractivity (Wildman–Crippen MR) is 94.8 cm³/mol. The van der Waals surface area contributed by atoms with Crippen LogP contribution in [0.3, 0.4) is 0 Å². The van der Waals surface area contributed by atoms with Gasteiger partial charge in [0, 0.05) is 31.3 Å². The Bertz CT molecular complexity index is 615. The van der Waals surface area contributed by atoms with Crippen molar-refractivity contribution in [1.82, 2.24) is 14.9 Å². The maximum absolute atomic E-state index is 12.1. The molecule has 1 atom stereocenters. The molecule has 2 rings (SSSR count). The summed E-state index contributed by atoms with van der Waals surface area (Å²) in [6.45, 7) is 9.29. The molecule has 0 bridgehead atoms. The highest BCUT2D eigenvalue weighted by atomic mass is 19.4. The summed E-state index contributed by atoms with van der Waals surface area (Å²) in [7, 11) is 0. The van der Waals surface area contributed by atoms with Gasteiger partial charge in [0.05, 0.1) is 0 Å². The maximum Gasteiger partial charge on any atom is 0.519 e. The number of halogens is 6. The summed E-state index contributed by atoms with van der Waals surface area (Å²) in [5, 5.41) is 9.49. The van der Waals surface area contributed by atoms with Gasteiger partial charge in [0.25, 0.3) is 0 Å². The van der Waals surface area contributed by atoms with Crippen LogP contribution in [0.1, 0.15) is 31.9 Å². The zero-order chi connectivity index (χ0) is 22.7. The number of aromatic nitrogens is 2. The highest BCUT2D eigenvalue weighted by Gasteiger charge is 2.27. The van der Waals surface area contributed by atoms with Gasteiger partial charge in [-0.25, -0.2) is 9.97 Å². The molecule has 1 aromatic rings. The molecule has 0 spiro atoms. The third kappa shape index (κ3) is 13.4. The van der Waals surface area contributed by atoms with Crippen LogP contribution in [-0.4, -0.2) is 57.6 Å². The second-order valence-electron chi connectivity index (χ2n) is 5.88. The SMILES string of the molecule is C=C.C[C@@H](Nc1cc(CCCC(F)(F)F)ncn1)C(=O)N1CCC1.OC(F)(F)F. The van der Waals surface area contributed by atoms with Gasteiger partial charge < -0.3 is 15.3 Å². The molecule has 1 saturated heterocycles. The second-order valence-corrected chi connectivity index (χ2v) is 5.88. The molecule has 0 saturated carbocycles. The first-order valence-corrected chi connectivity index (χ1v) is 8.57. The Morgan fingerprint density at radius 1 is 1.24 bits per heavy atom. The number of carbonyl (C=O) groups is 1. The first-order chi connectivity index (χ1) is 13.3. The van der Waals surface area contributed by atoms with E-state index in [-0.39, 0.29) is 18.7 Å². The van der Waals surface area contributed by atoms with Crippen LogP contribution in [0.5, 0.6) is 0 Å². The van der Waals surface area contributed by atoms with Gasteiger partial charge in [-0.15, -0.1) is 26.3 Å². The fraction of sp³-hybridized carbons (Fsp3) is 0.588. The van der Waals surface area contributed by atoms with Crippen molar-refractivity contribution in [2.45, 2.75) is 51.2 Å². The van der Waals surface area contributed by atoms with Crippen molar-refractivity contribution >= 4 is 11.7 Å². The van der Waals surface area contributed by atoms with Crippen LogP contribution in [0.15, 0.2) is 25.6 Å². The number of nitrogens with one attached hydrogen (secondary N) is 1. The lowest BCUT2D eigenvalue weighted by atomic mass is 10.1. The summed E-state index contributed by atoms with van der Waals surface area (Å²) in [4.78, 5) is 21.7. The van der Waals surface area contributed by atoms with E-state index in [4.69, 9.17) is 5.11 Å². The lowest BCUT2D eigenvalue weighted by molar-refractivity contribution is -0.295. The van der Waals surface area contributed by atoms with Crippen LogP contribution in [-0.2, 0) is 11.2 Å². The molecular weight excluding hydrogens is 406 g/mol. The average Bonchev–Trinajstić information content (AvgIpc) is 2.52. The molecule has 1 aliphatic heterocycles. The minimum Gasteiger partial charge on any atom is -0.359 e. The largest absolute Gasteiger partial charge is 0.519 e. The van der Waals surface area contributed by atoms with Crippen LogP contribution in [0.2, 0.25) is 0 Å². The zero-order valence-corrected chi connectivity index (χ0v) is 15.9. The lowest BCUT2D eigenvalue weighted by Gasteiger charge is -2.33. The molecule has 166 valence electrons. The Labute approximate surface area is 164 Å². The number of rotatable bonds is 6. The van der Waals surface area contributed by atoms with E-state index in [9.17, 15) is 31.1 Å². The minimum atomic E-state index is -5.00. The van der Waals surface area contributed by atoms with Gasteiger partial charge >= 0.3 is 12.5 Å². The highest BCUT2D eigenvalue weighted by molar-refractivity contribution is 5.84. The number of aliphatic hydroxyl groups is 1. The molecule has 2 heterocycles. The van der Waals surface area contributed by atoms with E-state index in [1.807, 2.05) is 0 Å². The lowest BCUT2D eigenvalue weighted by Crippen LogP contribution is -2.48. The number of alkyl halides is 6. The molecule has 1 fully saturated rings. The Kier molecular flexibility index (Phi) is 11.2. The number of hydrogen-bond donors (Lipinski definition) is 2. The van der Waals surface area contributed by atoms with Crippen molar-refractivity contribution in [3.63, 3.8) is 0 Å². The molecule has 0 radical (unpaired) electrons. The van der Waals surface area contributed by atoms with Crippen LogP contribution in [0.25, 0.3) is 0 Å². The van der Waals surface area contributed by atoms with Crippen LogP contribution >= 0.6 is 0 Å². The number of aryl methyl sites for hydroxylation is 1. The first kappa shape index (κ1) is 26.6. The number of amides is 1. The molecule has 0 unspecified atom stereocenters. The topological polar surface area (TPSA) is 78.4 Å². The van der Waals surface area contributed by atoms with Crippen molar-refractivity contribution in [1.29, 1.82) is 0 Å². The van der Waals surface area contributed by atoms with Crippen molar-refractivity contribution in [3.8, 4) is 0 Å². The standard InChI is InChI=1S/C14H19F3N4O.C2H4.CHF3O/c1-10(13(22)21-6-3-7-21)20-12-8-11(18-9-19-12)4-2-5-14(15,16)17;1-2;2-1(3,4)5/h8-10H,2-7H2,1H3,(H,18,19,20);1-2H2;5H/t10-;;/m1../s1. The normalized spacial score (nSPS) is 14.4. The van der Waals surface area contributed by atoms with Gasteiger partial charge in [-0.05, 0) is 26.2 Å². The van der Waals surface area contributed by atoms with Gasteiger partial charge in [-0.1, -0.05) is 0 Å². The number of hydrogen-bond acceptors (Lipinski definition) is 5. The van der Waals surface area contributed by atoms with Gasteiger partial charge in [-0.3, -0.25) is 4.79 Å². The Balaban J connectivity index is 0.000000977. The summed E-state index contributed by atoms with van der Waals surface area (Å²) < 4.78 is 66.1. The number of nitrogens with zero attached hydrogens (tertiary/aromatic N) is 3. The molecule has 1 aliphatic rings. The monoisotopic (exact) mass is 430 g/mol. The van der Waals surface area contributed by atoms with Crippen molar-refractivity contribution in [2.75, 3.05) is 18.4 Å². The molecule has 0 aromatic carbocycles. The molecule has 6 nitrogen and oxygen atoms in total. The number of anilines is 1. The molecular formula is C17H24F6N4O2. The average molecular weight is 430 g/mol. The number of carbonyl (C=O) groups excluding carboxylic acids is 1. The Hall–Kier alpha value is -2.37. The van der Waals surface area contributed by atoms with Crippen molar-refractivity contribution in [3.05, 3.63) is 31.2 Å². The first-order valence-electron chi connectivity index (χ1n) is 8.57. The fourth-order valence-electron chi connectivity index (χ4n) is 2.18. The van der Waals surface area contributed by atoms with E-state index in [0.717, 1.165) is 19.5 Å². The van der Waals surface area contributed by atoms with Gasteiger partial charge in [0.15, 0.2) is 0 Å². The quantitative estimate of drug-likeness (QED) is 0.532.